The van der Waals surface area contributed by atoms with E-state index in [0.717, 1.165) is 23.3 Å². The van der Waals surface area contributed by atoms with Gasteiger partial charge in [0.25, 0.3) is 11.5 Å². The maximum Gasteiger partial charge on any atom is 0.492 e. The summed E-state index contributed by atoms with van der Waals surface area (Å²) in [6.07, 6.45) is -5.51. The number of hydrogen-bond donors (Lipinski definition) is 2. The summed E-state index contributed by atoms with van der Waals surface area (Å²) < 4.78 is 49.0. The zero-order valence-electron chi connectivity index (χ0n) is 23.8. The summed E-state index contributed by atoms with van der Waals surface area (Å²) in [5.41, 5.74) is -1.09. The van der Waals surface area contributed by atoms with Crippen LogP contribution in [-0.2, 0) is 26.2 Å². The van der Waals surface area contributed by atoms with E-state index >= 15 is 0 Å². The third-order valence-electron chi connectivity index (χ3n) is 7.96. The van der Waals surface area contributed by atoms with Gasteiger partial charge in [-0.2, -0.15) is 13.2 Å². The van der Waals surface area contributed by atoms with Gasteiger partial charge in [0.05, 0.1) is 31.9 Å². The lowest BCUT2D eigenvalue weighted by Gasteiger charge is -2.30. The van der Waals surface area contributed by atoms with Crippen molar-refractivity contribution in [2.45, 2.75) is 64.0 Å². The highest BCUT2D eigenvalue weighted by Crippen LogP contribution is 2.50. The minimum Gasteiger partial charge on any atom is -0.423 e. The number of nitrogens with one attached hydrogen (secondary N) is 1. The van der Waals surface area contributed by atoms with Gasteiger partial charge in [0.2, 0.25) is 0 Å². The van der Waals surface area contributed by atoms with Crippen molar-refractivity contribution in [1.82, 2.24) is 5.32 Å². The quantitative estimate of drug-likeness (QED) is 0.226. The number of carbonyl (C=O) groups is 1. The number of nitrogens with zero attached hydrogens (tertiary/aromatic N) is 1. The molecule has 0 saturated carbocycles. The number of halogens is 6. The van der Waals surface area contributed by atoms with Crippen LogP contribution < -0.4 is 10.8 Å². The number of carbonyl (C=O) groups excluding carboxylic acids is 1. The molecule has 2 aliphatic rings. The van der Waals surface area contributed by atoms with Crippen LogP contribution in [0.1, 0.15) is 72.3 Å². The van der Waals surface area contributed by atoms with Crippen LogP contribution in [0.3, 0.4) is 0 Å². The number of aryl methyl sites for hydroxylation is 1. The zero-order chi connectivity index (χ0) is 31.7. The topological polar surface area (TPSA) is 80.2 Å². The van der Waals surface area contributed by atoms with Crippen molar-refractivity contribution < 1.29 is 32.5 Å². The molecule has 5 rings (SSSR count). The largest absolute Gasteiger partial charge is 0.492 e. The minimum absolute atomic E-state index is 0.0387. The lowest BCUT2D eigenvalue weighted by Crippen LogP contribution is -2.42. The molecule has 226 valence electrons. The SMILES string of the molecule is Cc1cc(C2=NOC(c3cc(Cl)c(Cl)c(Cl)c3)(C(F)(F)F)C2)ccc1C(=O)NC(C)(C)c1ccc2c(c1)B(O)OC2(C)C. The van der Waals surface area contributed by atoms with Crippen LogP contribution in [0.4, 0.5) is 13.2 Å². The molecule has 2 N–H and O–H groups in total. The fraction of sp³-hybridized carbons (Fsp3) is 0.333. The fourth-order valence-electron chi connectivity index (χ4n) is 5.48. The Labute approximate surface area is 262 Å². The molecule has 1 atom stereocenters. The van der Waals surface area contributed by atoms with Gasteiger partial charge in [-0.25, -0.2) is 0 Å². The Morgan fingerprint density at radius 1 is 1.05 bits per heavy atom. The number of hydrogen-bond acceptors (Lipinski definition) is 5. The second-order valence-electron chi connectivity index (χ2n) is 11.8. The van der Waals surface area contributed by atoms with Crippen molar-refractivity contribution in [1.29, 1.82) is 0 Å². The van der Waals surface area contributed by atoms with E-state index in [9.17, 15) is 23.0 Å². The summed E-state index contributed by atoms with van der Waals surface area (Å²) in [6.45, 7) is 9.09. The van der Waals surface area contributed by atoms with Gasteiger partial charge in [0.15, 0.2) is 0 Å². The maximum atomic E-state index is 14.4. The predicted octanol–water partition coefficient (Wildman–Crippen LogP) is 7.16. The molecule has 2 aliphatic heterocycles. The molecule has 13 heteroatoms. The smallest absolute Gasteiger partial charge is 0.423 e. The molecule has 2 heterocycles. The molecular formula is C30H27BCl3F3N2O4. The molecule has 1 amide bonds. The molecule has 0 aromatic heterocycles. The highest BCUT2D eigenvalue weighted by Gasteiger charge is 2.62. The molecule has 0 spiro atoms. The first-order valence-corrected chi connectivity index (χ1v) is 14.4. The van der Waals surface area contributed by atoms with E-state index in [2.05, 4.69) is 10.5 Å². The van der Waals surface area contributed by atoms with Crippen molar-refractivity contribution in [3.63, 3.8) is 0 Å². The van der Waals surface area contributed by atoms with Gasteiger partial charge >= 0.3 is 13.3 Å². The first-order chi connectivity index (χ1) is 19.9. The van der Waals surface area contributed by atoms with Gasteiger partial charge in [-0.1, -0.05) is 64.2 Å². The van der Waals surface area contributed by atoms with E-state index in [1.165, 1.54) is 12.1 Å². The summed E-state index contributed by atoms with van der Waals surface area (Å²) in [4.78, 5) is 18.5. The van der Waals surface area contributed by atoms with Crippen LogP contribution in [0.25, 0.3) is 0 Å². The third kappa shape index (κ3) is 5.53. The van der Waals surface area contributed by atoms with E-state index in [0.29, 0.717) is 22.2 Å². The van der Waals surface area contributed by atoms with Crippen molar-refractivity contribution in [3.8, 4) is 0 Å². The van der Waals surface area contributed by atoms with Crippen molar-refractivity contribution in [2.75, 3.05) is 0 Å². The summed E-state index contributed by atoms with van der Waals surface area (Å²) >= 11 is 18.0. The number of benzene rings is 3. The molecule has 1 unspecified atom stereocenters. The molecule has 0 saturated heterocycles. The molecule has 0 radical (unpaired) electrons. The molecule has 0 aliphatic carbocycles. The highest BCUT2D eigenvalue weighted by atomic mass is 35.5. The molecule has 6 nitrogen and oxygen atoms in total. The average Bonchev–Trinajstić information content (AvgIpc) is 3.46. The number of alkyl halides is 3. The maximum absolute atomic E-state index is 14.4. The molecule has 0 fully saturated rings. The van der Waals surface area contributed by atoms with E-state index in [1.807, 2.05) is 45.9 Å². The third-order valence-corrected chi connectivity index (χ3v) is 9.16. The van der Waals surface area contributed by atoms with Gasteiger partial charge in [-0.05, 0) is 86.6 Å². The first-order valence-electron chi connectivity index (χ1n) is 13.3. The second kappa shape index (κ2) is 10.7. The van der Waals surface area contributed by atoms with E-state index in [1.54, 1.807) is 13.0 Å². The zero-order valence-corrected chi connectivity index (χ0v) is 26.1. The average molecular weight is 654 g/mol. The molecular weight excluding hydrogens is 627 g/mol. The summed E-state index contributed by atoms with van der Waals surface area (Å²) in [5.74, 6) is -0.383. The normalized spacial score (nSPS) is 19.6. The number of amides is 1. The Balaban J connectivity index is 1.37. The summed E-state index contributed by atoms with van der Waals surface area (Å²) in [7, 11) is -1.07. The van der Waals surface area contributed by atoms with Crippen LogP contribution in [0.2, 0.25) is 15.1 Å². The number of fused-ring (bicyclic) bond motifs is 1. The van der Waals surface area contributed by atoms with Crippen LogP contribution in [0.5, 0.6) is 0 Å². The Bertz CT molecular complexity index is 1660. The number of oxime groups is 1. The Hall–Kier alpha value is -2.76. The van der Waals surface area contributed by atoms with Gasteiger partial charge < -0.3 is 19.8 Å². The minimum atomic E-state index is -4.87. The monoisotopic (exact) mass is 652 g/mol. The van der Waals surface area contributed by atoms with E-state index < -0.39 is 36.5 Å². The predicted molar refractivity (Wildman–Crippen MR) is 161 cm³/mol. The van der Waals surface area contributed by atoms with Gasteiger partial charge in [-0.3, -0.25) is 4.79 Å². The van der Waals surface area contributed by atoms with Crippen molar-refractivity contribution in [3.05, 3.63) is 97.0 Å². The van der Waals surface area contributed by atoms with Crippen LogP contribution >= 0.6 is 34.8 Å². The van der Waals surface area contributed by atoms with Crippen LogP contribution in [0, 0.1) is 6.92 Å². The second-order valence-corrected chi connectivity index (χ2v) is 13.0. The molecule has 3 aromatic rings. The Kier molecular flexibility index (Phi) is 7.88. The first kappa shape index (κ1) is 31.7. The van der Waals surface area contributed by atoms with E-state index in [4.69, 9.17) is 44.3 Å². The summed E-state index contributed by atoms with van der Waals surface area (Å²) in [5, 5.41) is 16.8. The van der Waals surface area contributed by atoms with Crippen molar-refractivity contribution >= 4 is 59.0 Å². The number of rotatable bonds is 5. The Morgan fingerprint density at radius 3 is 2.30 bits per heavy atom. The van der Waals surface area contributed by atoms with Crippen molar-refractivity contribution in [2.24, 2.45) is 5.16 Å². The molecule has 43 heavy (non-hydrogen) atoms. The summed E-state index contributed by atoms with van der Waals surface area (Å²) in [6, 6.07) is 12.4. The highest BCUT2D eigenvalue weighted by molar-refractivity contribution is 6.62. The standard InChI is InChI=1S/C30H27BCl3F3N2O4/c1-15-10-16(24-14-29(43-39-24,30(35,36)37)18-12-22(32)25(34)23(33)13-18)6-8-19(15)26(40)38-27(2,3)17-7-9-20-21(11-17)31(41)42-28(20,4)5/h6-13,41H,14H2,1-5H3,(H,38,40). The van der Waals surface area contributed by atoms with Gasteiger partial charge in [0, 0.05) is 17.5 Å². The Morgan fingerprint density at radius 2 is 1.70 bits per heavy atom. The van der Waals surface area contributed by atoms with Gasteiger partial charge in [0.1, 0.15) is 0 Å². The van der Waals surface area contributed by atoms with Gasteiger partial charge in [-0.15, -0.1) is 0 Å². The lowest BCUT2D eigenvalue weighted by molar-refractivity contribution is -0.275. The van der Waals surface area contributed by atoms with Crippen LogP contribution in [0.15, 0.2) is 53.7 Å². The molecule has 0 bridgehead atoms. The molecule has 3 aromatic carbocycles. The van der Waals surface area contributed by atoms with E-state index in [-0.39, 0.29) is 32.3 Å². The van der Waals surface area contributed by atoms with Crippen LogP contribution in [-0.4, -0.2) is 29.9 Å². The lowest BCUT2D eigenvalue weighted by atomic mass is 9.75. The fourth-order valence-corrected chi connectivity index (χ4v) is 6.07.